The van der Waals surface area contributed by atoms with E-state index in [-0.39, 0.29) is 28.8 Å². The molecule has 2 aromatic rings. The molecule has 166 valence electrons. The van der Waals surface area contributed by atoms with Gasteiger partial charge in [-0.3, -0.25) is 19.4 Å². The van der Waals surface area contributed by atoms with Crippen molar-refractivity contribution in [2.75, 3.05) is 5.32 Å². The van der Waals surface area contributed by atoms with E-state index in [1.54, 1.807) is 13.0 Å². The van der Waals surface area contributed by atoms with Crippen molar-refractivity contribution in [3.05, 3.63) is 33.4 Å². The number of aromatic nitrogens is 4. The summed E-state index contributed by atoms with van der Waals surface area (Å²) in [5.74, 6) is -0.422. The first-order chi connectivity index (χ1) is 14.6. The van der Waals surface area contributed by atoms with Crippen molar-refractivity contribution in [3.8, 4) is 5.95 Å². The molecule has 9 heteroatoms. The number of aromatic amines is 1. The van der Waals surface area contributed by atoms with Crippen molar-refractivity contribution >= 4 is 17.6 Å². The molecule has 2 aliphatic carbocycles. The van der Waals surface area contributed by atoms with Gasteiger partial charge in [0.1, 0.15) is 5.82 Å². The van der Waals surface area contributed by atoms with Crippen LogP contribution in [-0.2, 0) is 22.4 Å². The Hall–Kier alpha value is -2.97. The smallest absolute Gasteiger partial charge is 0.314 e. The first kappa shape index (κ1) is 21.3. The molecule has 2 unspecified atom stereocenters. The summed E-state index contributed by atoms with van der Waals surface area (Å²) in [6.45, 7) is 8.32. The van der Waals surface area contributed by atoms with E-state index in [1.807, 2.05) is 0 Å². The molecule has 0 aromatic carbocycles. The number of nitrogens with one attached hydrogen (secondary N) is 3. The number of fused-ring (bicyclic) bond motifs is 1. The maximum Gasteiger partial charge on any atom is 0.314 e. The number of carbonyl (C=O) groups is 2. The van der Waals surface area contributed by atoms with Gasteiger partial charge < -0.3 is 10.6 Å². The molecule has 2 aromatic heterocycles. The highest BCUT2D eigenvalue weighted by Crippen LogP contribution is 2.38. The van der Waals surface area contributed by atoms with Crippen LogP contribution in [0.5, 0.6) is 0 Å². The van der Waals surface area contributed by atoms with Gasteiger partial charge in [-0.25, -0.2) is 4.98 Å². The van der Waals surface area contributed by atoms with Crippen LogP contribution in [0.3, 0.4) is 0 Å². The van der Waals surface area contributed by atoms with Crippen LogP contribution < -0.4 is 16.2 Å². The van der Waals surface area contributed by atoms with E-state index in [4.69, 9.17) is 0 Å². The number of nitrogens with zero attached hydrogens (tertiary/aromatic N) is 3. The van der Waals surface area contributed by atoms with Gasteiger partial charge in [-0.15, -0.1) is 0 Å². The van der Waals surface area contributed by atoms with Gasteiger partial charge in [-0.05, 0) is 56.8 Å². The molecular weight excluding hydrogens is 396 g/mol. The molecule has 4 rings (SSSR count). The maximum absolute atomic E-state index is 12.6. The lowest BCUT2D eigenvalue weighted by Gasteiger charge is -2.39. The zero-order chi connectivity index (χ0) is 22.3. The van der Waals surface area contributed by atoms with Crippen molar-refractivity contribution in [1.29, 1.82) is 0 Å². The van der Waals surface area contributed by atoms with Crippen LogP contribution in [0.25, 0.3) is 5.95 Å². The number of amides is 2. The van der Waals surface area contributed by atoms with Gasteiger partial charge in [0.05, 0.1) is 11.4 Å². The summed E-state index contributed by atoms with van der Waals surface area (Å²) in [4.78, 5) is 44.8. The third-order valence-electron chi connectivity index (χ3n) is 6.13. The Bertz CT molecular complexity index is 1080. The minimum Gasteiger partial charge on any atom is -0.345 e. The second-order valence-electron chi connectivity index (χ2n) is 9.79. The van der Waals surface area contributed by atoms with Crippen molar-refractivity contribution in [1.82, 2.24) is 25.1 Å². The van der Waals surface area contributed by atoms with Gasteiger partial charge in [-0.2, -0.15) is 9.78 Å². The van der Waals surface area contributed by atoms with E-state index in [0.717, 1.165) is 44.2 Å². The second kappa shape index (κ2) is 7.94. The second-order valence-corrected chi connectivity index (χ2v) is 9.79. The van der Waals surface area contributed by atoms with Gasteiger partial charge >= 0.3 is 11.8 Å². The monoisotopic (exact) mass is 426 g/mol. The van der Waals surface area contributed by atoms with Crippen molar-refractivity contribution in [2.45, 2.75) is 72.3 Å². The Kier molecular flexibility index (Phi) is 5.45. The molecule has 0 bridgehead atoms. The van der Waals surface area contributed by atoms with Crippen LogP contribution in [-0.4, -0.2) is 37.6 Å². The van der Waals surface area contributed by atoms with Gasteiger partial charge in [0.15, 0.2) is 0 Å². The standard InChI is InChI=1S/C22H30N6O3/c1-12-8-14(11-22(3,4)10-12)23-19(30)20(31)25-17-9-13(2)27-28(17)21-24-16-7-5-6-15(16)18(29)26-21/h9,12,14H,5-8,10-11H2,1-4H3,(H,23,30)(H,25,31)(H,24,26,29). The van der Waals surface area contributed by atoms with E-state index in [9.17, 15) is 14.4 Å². The van der Waals surface area contributed by atoms with Crippen LogP contribution >= 0.6 is 0 Å². The van der Waals surface area contributed by atoms with Crippen LogP contribution in [0.2, 0.25) is 0 Å². The molecule has 0 aliphatic heterocycles. The summed E-state index contributed by atoms with van der Waals surface area (Å²) in [6, 6.07) is 1.61. The molecule has 2 atom stereocenters. The Morgan fingerprint density at radius 1 is 1.23 bits per heavy atom. The zero-order valence-electron chi connectivity index (χ0n) is 18.5. The largest absolute Gasteiger partial charge is 0.345 e. The fourth-order valence-corrected chi connectivity index (χ4v) is 5.16. The zero-order valence-corrected chi connectivity index (χ0v) is 18.5. The molecule has 0 spiro atoms. The molecule has 0 radical (unpaired) electrons. The fraction of sp³-hybridized carbons (Fsp3) is 0.591. The number of aryl methyl sites for hydroxylation is 2. The Balaban J connectivity index is 1.50. The summed E-state index contributed by atoms with van der Waals surface area (Å²) in [6.07, 6.45) is 5.17. The molecule has 2 heterocycles. The van der Waals surface area contributed by atoms with Crippen molar-refractivity contribution < 1.29 is 9.59 Å². The highest BCUT2D eigenvalue weighted by molar-refractivity contribution is 6.39. The Labute approximate surface area is 181 Å². The minimum absolute atomic E-state index is 0.0293. The summed E-state index contributed by atoms with van der Waals surface area (Å²) in [7, 11) is 0. The third kappa shape index (κ3) is 4.55. The number of carbonyl (C=O) groups excluding carboxylic acids is 2. The van der Waals surface area contributed by atoms with Crippen molar-refractivity contribution in [3.63, 3.8) is 0 Å². The van der Waals surface area contributed by atoms with Gasteiger partial charge in [0, 0.05) is 17.7 Å². The molecule has 1 fully saturated rings. The maximum atomic E-state index is 12.6. The fourth-order valence-electron chi connectivity index (χ4n) is 5.16. The highest BCUT2D eigenvalue weighted by Gasteiger charge is 2.33. The molecule has 1 saturated carbocycles. The van der Waals surface area contributed by atoms with Crippen LogP contribution in [0.1, 0.15) is 63.4 Å². The van der Waals surface area contributed by atoms with Crippen molar-refractivity contribution in [2.24, 2.45) is 11.3 Å². The van der Waals surface area contributed by atoms with E-state index in [2.05, 4.69) is 46.5 Å². The number of hydrogen-bond donors (Lipinski definition) is 3. The van der Waals surface area contributed by atoms with Crippen LogP contribution in [0.15, 0.2) is 10.9 Å². The predicted octanol–water partition coefficient (Wildman–Crippen LogP) is 2.02. The number of anilines is 1. The summed E-state index contributed by atoms with van der Waals surface area (Å²) < 4.78 is 1.37. The highest BCUT2D eigenvalue weighted by atomic mass is 16.2. The summed E-state index contributed by atoms with van der Waals surface area (Å²) in [5.41, 5.74) is 2.04. The summed E-state index contributed by atoms with van der Waals surface area (Å²) in [5, 5.41) is 9.85. The molecule has 3 N–H and O–H groups in total. The van der Waals surface area contributed by atoms with Crippen LogP contribution in [0.4, 0.5) is 5.82 Å². The van der Waals surface area contributed by atoms with Gasteiger partial charge in [0.25, 0.3) is 5.56 Å². The van der Waals surface area contributed by atoms with E-state index >= 15 is 0 Å². The first-order valence-electron chi connectivity index (χ1n) is 10.9. The predicted molar refractivity (Wildman–Crippen MR) is 116 cm³/mol. The van der Waals surface area contributed by atoms with E-state index in [0.29, 0.717) is 17.2 Å². The molecule has 9 nitrogen and oxygen atoms in total. The normalized spacial score (nSPS) is 22.1. The average Bonchev–Trinajstić information content (AvgIpc) is 3.26. The number of hydrogen-bond acceptors (Lipinski definition) is 5. The third-order valence-corrected chi connectivity index (χ3v) is 6.13. The summed E-state index contributed by atoms with van der Waals surface area (Å²) >= 11 is 0. The lowest BCUT2D eigenvalue weighted by Crippen LogP contribution is -2.46. The quantitative estimate of drug-likeness (QED) is 0.648. The lowest BCUT2D eigenvalue weighted by molar-refractivity contribution is -0.137. The molecule has 2 aliphatic rings. The topological polar surface area (TPSA) is 122 Å². The number of rotatable bonds is 3. The number of H-pyrrole nitrogens is 1. The van der Waals surface area contributed by atoms with E-state index < -0.39 is 11.8 Å². The molecule has 0 saturated heterocycles. The average molecular weight is 427 g/mol. The van der Waals surface area contributed by atoms with E-state index in [1.165, 1.54) is 4.68 Å². The Morgan fingerprint density at radius 2 is 2.00 bits per heavy atom. The van der Waals surface area contributed by atoms with Crippen LogP contribution in [0, 0.1) is 18.3 Å². The SMILES string of the molecule is Cc1cc(NC(=O)C(=O)NC2CC(C)CC(C)(C)C2)n(-c2nc3c(c(=O)[nH]2)CCC3)n1. The van der Waals surface area contributed by atoms with Gasteiger partial charge in [-0.1, -0.05) is 20.8 Å². The first-order valence-corrected chi connectivity index (χ1v) is 10.9. The molecule has 31 heavy (non-hydrogen) atoms. The Morgan fingerprint density at radius 3 is 2.74 bits per heavy atom. The molecular formula is C22H30N6O3. The molecule has 2 amide bonds. The lowest BCUT2D eigenvalue weighted by atomic mass is 9.70. The minimum atomic E-state index is -0.763. The van der Waals surface area contributed by atoms with Gasteiger partial charge in [0.2, 0.25) is 5.95 Å².